The van der Waals surface area contributed by atoms with Crippen LogP contribution in [0.1, 0.15) is 35.3 Å². The van der Waals surface area contributed by atoms with Gasteiger partial charge in [-0.15, -0.1) is 21.5 Å². The van der Waals surface area contributed by atoms with Crippen LogP contribution in [-0.2, 0) is 17.6 Å². The van der Waals surface area contributed by atoms with E-state index in [1.54, 1.807) is 12.1 Å². The van der Waals surface area contributed by atoms with Crippen molar-refractivity contribution in [1.29, 1.82) is 5.26 Å². The molecular weight excluding hydrogens is 423 g/mol. The molecule has 4 rings (SSSR count). The second-order valence-corrected chi connectivity index (χ2v) is 8.95. The number of hydrogen-bond acceptors (Lipinski definition) is 7. The Balaban J connectivity index is 1.43. The van der Waals surface area contributed by atoms with Crippen LogP contribution in [-0.4, -0.2) is 26.5 Å². The number of nitrogen functional groups attached to an aromatic ring is 1. The lowest BCUT2D eigenvalue weighted by Crippen LogP contribution is -2.16. The van der Waals surface area contributed by atoms with Gasteiger partial charge in [-0.2, -0.15) is 5.26 Å². The first-order chi connectivity index (χ1) is 14.6. The number of nitrogens with two attached hydrogens (primary N) is 1. The van der Waals surface area contributed by atoms with Crippen LogP contribution in [0.4, 0.5) is 9.39 Å². The van der Waals surface area contributed by atoms with Crippen molar-refractivity contribution in [3.8, 4) is 17.5 Å². The maximum atomic E-state index is 13.1. The van der Waals surface area contributed by atoms with Gasteiger partial charge in [-0.05, 0) is 55.5 Å². The number of nitrogens with zero attached hydrogens (tertiary/aromatic N) is 4. The molecule has 0 bridgehead atoms. The predicted octanol–water partition coefficient (Wildman–Crippen LogP) is 3.73. The first kappa shape index (κ1) is 20.4. The maximum Gasteiger partial charge on any atom is 0.235 e. The van der Waals surface area contributed by atoms with Crippen LogP contribution in [0.25, 0.3) is 11.4 Å². The molecule has 0 unspecified atom stereocenters. The Bertz CT molecular complexity index is 1120. The molecule has 0 aliphatic heterocycles. The highest BCUT2D eigenvalue weighted by molar-refractivity contribution is 7.99. The summed E-state index contributed by atoms with van der Waals surface area (Å²) in [5.41, 5.74) is 2.31. The number of aromatic nitrogens is 3. The Hall–Kier alpha value is -2.90. The molecule has 7 nitrogen and oxygen atoms in total. The summed E-state index contributed by atoms with van der Waals surface area (Å²) in [6.07, 6.45) is 5.21. The van der Waals surface area contributed by atoms with Gasteiger partial charge in [-0.3, -0.25) is 4.79 Å². The van der Waals surface area contributed by atoms with Crippen LogP contribution in [0.15, 0.2) is 29.4 Å². The molecule has 1 aliphatic carbocycles. The first-order valence-corrected chi connectivity index (χ1v) is 11.3. The molecule has 1 aromatic carbocycles. The van der Waals surface area contributed by atoms with E-state index in [1.807, 2.05) is 0 Å². The summed E-state index contributed by atoms with van der Waals surface area (Å²) in [4.78, 5) is 13.7. The van der Waals surface area contributed by atoms with E-state index in [2.05, 4.69) is 21.6 Å². The number of thiophene rings is 1. The topological polar surface area (TPSA) is 110 Å². The highest BCUT2D eigenvalue weighted by Crippen LogP contribution is 2.37. The molecule has 0 saturated carbocycles. The van der Waals surface area contributed by atoms with E-state index in [4.69, 9.17) is 5.84 Å². The van der Waals surface area contributed by atoms with Crippen LogP contribution >= 0.6 is 23.1 Å². The summed E-state index contributed by atoms with van der Waals surface area (Å²) in [6.45, 7) is 0. The molecule has 10 heteroatoms. The zero-order valence-corrected chi connectivity index (χ0v) is 17.7. The number of rotatable bonds is 5. The molecule has 1 amide bonds. The van der Waals surface area contributed by atoms with Gasteiger partial charge < -0.3 is 11.2 Å². The zero-order valence-electron chi connectivity index (χ0n) is 16.0. The van der Waals surface area contributed by atoms with Crippen molar-refractivity contribution in [2.75, 3.05) is 16.9 Å². The average molecular weight is 443 g/mol. The summed E-state index contributed by atoms with van der Waals surface area (Å²) in [6, 6.07) is 8.03. The molecule has 0 atom stereocenters. The number of nitriles is 1. The number of thioether (sulfide) groups is 1. The van der Waals surface area contributed by atoms with Crippen LogP contribution in [0, 0.1) is 17.1 Å². The van der Waals surface area contributed by atoms with Crippen molar-refractivity contribution in [2.45, 2.75) is 37.3 Å². The molecule has 154 valence electrons. The van der Waals surface area contributed by atoms with Gasteiger partial charge in [0.25, 0.3) is 0 Å². The van der Waals surface area contributed by atoms with E-state index < -0.39 is 0 Å². The van der Waals surface area contributed by atoms with Crippen molar-refractivity contribution in [2.24, 2.45) is 0 Å². The fraction of sp³-hybridized carbons (Fsp3) is 0.300. The molecule has 3 aromatic rings. The number of benzene rings is 1. The van der Waals surface area contributed by atoms with Gasteiger partial charge in [0, 0.05) is 10.4 Å². The molecule has 0 fully saturated rings. The molecule has 3 N–H and O–H groups in total. The Morgan fingerprint density at radius 3 is 2.80 bits per heavy atom. The first-order valence-electron chi connectivity index (χ1n) is 9.50. The van der Waals surface area contributed by atoms with Crippen molar-refractivity contribution in [3.05, 3.63) is 46.1 Å². The minimum Gasteiger partial charge on any atom is -0.335 e. The third-order valence-electron chi connectivity index (χ3n) is 4.89. The normalized spacial score (nSPS) is 13.3. The minimum absolute atomic E-state index is 0.0756. The van der Waals surface area contributed by atoms with Crippen molar-refractivity contribution >= 4 is 34.0 Å². The minimum atomic E-state index is -0.351. The lowest BCUT2D eigenvalue weighted by molar-refractivity contribution is -0.113. The number of carbonyl (C=O) groups excluding carboxylic acids is 1. The van der Waals surface area contributed by atoms with E-state index in [0.29, 0.717) is 27.1 Å². The summed E-state index contributed by atoms with van der Waals surface area (Å²) in [7, 11) is 0. The SMILES string of the molecule is N#Cc1c(NC(=O)CSc2nnc(-c3ccc(F)cc3)n2N)sc2c1CCCCC2. The summed E-state index contributed by atoms with van der Waals surface area (Å²) in [5, 5.41) is 21.5. The predicted molar refractivity (Wildman–Crippen MR) is 115 cm³/mol. The van der Waals surface area contributed by atoms with E-state index >= 15 is 0 Å². The maximum absolute atomic E-state index is 13.1. The highest BCUT2D eigenvalue weighted by atomic mass is 32.2. The number of aryl methyl sites for hydroxylation is 1. The third kappa shape index (κ3) is 4.17. The summed E-state index contributed by atoms with van der Waals surface area (Å²) < 4.78 is 14.4. The third-order valence-corrected chi connectivity index (χ3v) is 7.04. The highest BCUT2D eigenvalue weighted by Gasteiger charge is 2.21. The second-order valence-electron chi connectivity index (χ2n) is 6.90. The largest absolute Gasteiger partial charge is 0.335 e. The van der Waals surface area contributed by atoms with Crippen molar-refractivity contribution in [1.82, 2.24) is 14.9 Å². The zero-order chi connectivity index (χ0) is 21.1. The molecular formula is C20H19FN6OS2. The Morgan fingerprint density at radius 2 is 2.03 bits per heavy atom. The Labute approximate surface area is 181 Å². The molecule has 30 heavy (non-hydrogen) atoms. The van der Waals surface area contributed by atoms with Gasteiger partial charge in [0.2, 0.25) is 11.1 Å². The molecule has 1 aliphatic rings. The molecule has 0 saturated heterocycles. The van der Waals surface area contributed by atoms with E-state index in [1.165, 1.54) is 39.4 Å². The Morgan fingerprint density at radius 1 is 1.27 bits per heavy atom. The van der Waals surface area contributed by atoms with Crippen molar-refractivity contribution in [3.63, 3.8) is 0 Å². The number of amides is 1. The summed E-state index contributed by atoms with van der Waals surface area (Å²) in [5.74, 6) is 5.91. The van der Waals surface area contributed by atoms with Crippen molar-refractivity contribution < 1.29 is 9.18 Å². The van der Waals surface area contributed by atoms with E-state index in [-0.39, 0.29) is 17.5 Å². The molecule has 0 radical (unpaired) electrons. The molecule has 2 heterocycles. The second kappa shape index (κ2) is 8.85. The van der Waals surface area contributed by atoms with Gasteiger partial charge in [0.05, 0.1) is 11.3 Å². The fourth-order valence-electron chi connectivity index (χ4n) is 3.41. The quantitative estimate of drug-likeness (QED) is 0.354. The number of carbonyl (C=O) groups is 1. The van der Waals surface area contributed by atoms with Gasteiger partial charge in [-0.25, -0.2) is 9.07 Å². The standard InChI is InChI=1S/C20H19FN6OS2/c21-13-8-6-12(7-9-13)18-25-26-20(27(18)23)29-11-17(28)24-19-15(10-22)14-4-2-1-3-5-16(14)30-19/h6-9H,1-5,11,23H2,(H,24,28). The number of anilines is 1. The van der Waals surface area contributed by atoms with Gasteiger partial charge in [-0.1, -0.05) is 18.2 Å². The van der Waals surface area contributed by atoms with Gasteiger partial charge >= 0.3 is 0 Å². The van der Waals surface area contributed by atoms with Crippen LogP contribution in [0.2, 0.25) is 0 Å². The van der Waals surface area contributed by atoms with Gasteiger partial charge in [0.1, 0.15) is 16.9 Å². The average Bonchev–Trinajstić information content (AvgIpc) is 3.17. The Kier molecular flexibility index (Phi) is 6.01. The van der Waals surface area contributed by atoms with E-state index in [9.17, 15) is 14.4 Å². The molecule has 0 spiro atoms. The molecule has 2 aromatic heterocycles. The van der Waals surface area contributed by atoms with Crippen LogP contribution in [0.5, 0.6) is 0 Å². The number of hydrogen-bond donors (Lipinski definition) is 2. The van der Waals surface area contributed by atoms with Crippen LogP contribution < -0.4 is 11.2 Å². The smallest absolute Gasteiger partial charge is 0.235 e. The van der Waals surface area contributed by atoms with E-state index in [0.717, 1.165) is 43.0 Å². The summed E-state index contributed by atoms with van der Waals surface area (Å²) >= 11 is 2.65. The lowest BCUT2D eigenvalue weighted by atomic mass is 10.1. The number of nitrogens with one attached hydrogen (secondary N) is 1. The number of fused-ring (bicyclic) bond motifs is 1. The number of halogens is 1. The van der Waals surface area contributed by atoms with Gasteiger partial charge in [0.15, 0.2) is 5.82 Å². The monoisotopic (exact) mass is 442 g/mol. The lowest BCUT2D eigenvalue weighted by Gasteiger charge is -2.05. The fourth-order valence-corrected chi connectivity index (χ4v) is 5.33. The van der Waals surface area contributed by atoms with Crippen LogP contribution in [0.3, 0.4) is 0 Å².